The summed E-state index contributed by atoms with van der Waals surface area (Å²) in [5.74, 6) is 17.9. The summed E-state index contributed by atoms with van der Waals surface area (Å²) in [6.45, 7) is 20.3. The van der Waals surface area contributed by atoms with Crippen LogP contribution in [0, 0.1) is 53.3 Å². The molecule has 7 saturated heterocycles. The number of hydrogen-bond donors (Lipinski definition) is 3. The number of hydrogen-bond acceptors (Lipinski definition) is 20. The van der Waals surface area contributed by atoms with Crippen molar-refractivity contribution in [3.63, 3.8) is 0 Å². The Balaban J connectivity index is 0.000000126. The molecule has 128 heavy (non-hydrogen) atoms. The molecule has 0 bridgehead atoms. The molecule has 15 heterocycles. The number of ether oxygens (including phenoxy) is 1. The quantitative estimate of drug-likeness (QED) is 0.0687. The molecule has 0 saturated carbocycles. The fraction of sp³-hybridized carbons (Fsp3) is 0.390. The molecule has 2 atom stereocenters. The first-order chi connectivity index (χ1) is 62.0. The number of likely N-dealkylation sites (tertiary alicyclic amines) is 2. The maximum Gasteiger partial charge on any atom is 0.410 e. The van der Waals surface area contributed by atoms with Crippen molar-refractivity contribution in [3.8, 4) is 35.5 Å². The zero-order valence-electron chi connectivity index (χ0n) is 73.2. The van der Waals surface area contributed by atoms with Gasteiger partial charge in [0.1, 0.15) is 24.0 Å². The summed E-state index contributed by atoms with van der Waals surface area (Å²) in [4.78, 5) is 150. The van der Waals surface area contributed by atoms with Crippen LogP contribution in [0.5, 0.6) is 0 Å². The molecular formula is C100H105N17O11. The summed E-state index contributed by atoms with van der Waals surface area (Å²) in [7, 11) is 6.28. The van der Waals surface area contributed by atoms with Gasteiger partial charge in [0, 0.05) is 228 Å². The first-order valence-corrected chi connectivity index (χ1v) is 44.5. The van der Waals surface area contributed by atoms with Gasteiger partial charge in [0.25, 0.3) is 23.6 Å². The Morgan fingerprint density at radius 2 is 0.797 bits per heavy atom. The number of piperidine rings is 5. The number of fused-ring (bicyclic) bond motifs is 11. The van der Waals surface area contributed by atoms with E-state index in [9.17, 15) is 47.9 Å². The van der Waals surface area contributed by atoms with Gasteiger partial charge in [-0.05, 0) is 189 Å². The van der Waals surface area contributed by atoms with E-state index in [1.54, 1.807) is 35.2 Å². The number of carbonyl (C=O) groups is 10. The first-order valence-electron chi connectivity index (χ1n) is 44.5. The maximum atomic E-state index is 13.3. The van der Waals surface area contributed by atoms with Crippen molar-refractivity contribution in [2.45, 2.75) is 103 Å². The number of rotatable bonds is 9. The number of benzene rings is 5. The van der Waals surface area contributed by atoms with Gasteiger partial charge in [-0.15, -0.1) is 0 Å². The van der Waals surface area contributed by atoms with E-state index in [1.807, 2.05) is 70.1 Å². The minimum Gasteiger partial charge on any atom is -0.444 e. The third-order valence-electron chi connectivity index (χ3n) is 26.1. The summed E-state index contributed by atoms with van der Waals surface area (Å²) >= 11 is 0. The molecule has 6 aromatic heterocycles. The molecule has 0 spiro atoms. The molecule has 0 radical (unpaired) electrons. The number of nitrogens with one attached hydrogen (secondary N) is 3. The lowest BCUT2D eigenvalue weighted by Gasteiger charge is -2.38. The average molecular weight is 1720 g/mol. The first kappa shape index (κ1) is 86.7. The van der Waals surface area contributed by atoms with Crippen LogP contribution in [0.15, 0.2) is 146 Å². The van der Waals surface area contributed by atoms with Crippen LogP contribution in [-0.4, -0.2) is 247 Å². The van der Waals surface area contributed by atoms with Crippen LogP contribution in [-0.2, 0) is 49.9 Å². The van der Waals surface area contributed by atoms with Crippen molar-refractivity contribution in [3.05, 3.63) is 185 Å². The number of amides is 9. The number of piperazine rings is 2. The molecule has 9 aliphatic rings. The second-order valence-corrected chi connectivity index (χ2v) is 35.4. The molecule has 656 valence electrons. The fourth-order valence-corrected chi connectivity index (χ4v) is 18.9. The second kappa shape index (κ2) is 37.6. The lowest BCUT2D eigenvalue weighted by molar-refractivity contribution is -0.137. The standard InChI is InChI=1S/C38H39N7O4.C24H27N3O2.C19H20N4O5.C19H19N3/c1-41-32-10-13-39-24-31(32)28-6-4-26(22-34(28)41)3-2-25-11-14-42(15-12-25)16-17-43-18-20-44(21-19-43)27-5-7-29-30(23-27)38(49)45(37(29)48)33-8-9-35(46)40-36(33)47;1-24(2,3)29-23(28)27-13-10-17(11-14-27)5-6-18-7-8-19-20-16-25-12-9-21(20)26(4)22(19)15-18;24-10-9-21-5-7-22(8-6-21)12-1-2-13-14(11-12)19(28)23(18(13)27)15-3-4-16(25)20-17(15)26;1-22-18-8-11-21-13-17(18)16-5-4-15(12-19(16)22)3-2-14-6-9-20-10-7-14/h4-7,10,13,22-25,33H,8-9,11-12,14-21H2,1H3,(H,40,46,47);7-9,12,15-17H,10-11,13-14H2,1-4H3;1-2,10-11,15H,3-9H2,(H,20,25,26);4-5,8,11-14,20H,6-7,9-10H2,1H3. The molecule has 5 aromatic carbocycles. The summed E-state index contributed by atoms with van der Waals surface area (Å²) < 4.78 is 12.1. The van der Waals surface area contributed by atoms with Gasteiger partial charge in [-0.3, -0.25) is 83.5 Å². The Kier molecular flexibility index (Phi) is 25.5. The van der Waals surface area contributed by atoms with Crippen LogP contribution in [0.1, 0.15) is 143 Å². The Hall–Kier alpha value is -13.4. The van der Waals surface area contributed by atoms with Crippen molar-refractivity contribution < 1.29 is 52.7 Å². The average Bonchev–Trinajstić information content (AvgIpc) is 1.64. The molecule has 7 fully saturated rings. The predicted octanol–water partition coefficient (Wildman–Crippen LogP) is 10.2. The van der Waals surface area contributed by atoms with Gasteiger partial charge in [0.05, 0.1) is 61.9 Å². The van der Waals surface area contributed by atoms with Crippen molar-refractivity contribution in [1.29, 1.82) is 0 Å². The molecule has 9 amide bonds. The van der Waals surface area contributed by atoms with Gasteiger partial charge < -0.3 is 48.1 Å². The van der Waals surface area contributed by atoms with E-state index in [0.717, 1.165) is 161 Å². The van der Waals surface area contributed by atoms with Gasteiger partial charge >= 0.3 is 6.09 Å². The Labute approximate surface area is 742 Å². The van der Waals surface area contributed by atoms with E-state index in [-0.39, 0.29) is 48.8 Å². The highest BCUT2D eigenvalue weighted by Gasteiger charge is 2.47. The maximum absolute atomic E-state index is 13.3. The number of anilines is 2. The molecular weight excluding hydrogens is 1620 g/mol. The van der Waals surface area contributed by atoms with Gasteiger partial charge in [0.15, 0.2) is 0 Å². The van der Waals surface area contributed by atoms with Crippen LogP contribution in [0.25, 0.3) is 65.4 Å². The summed E-state index contributed by atoms with van der Waals surface area (Å²) in [5.41, 5.74) is 12.8. The minimum atomic E-state index is -0.958. The van der Waals surface area contributed by atoms with E-state index in [4.69, 9.17) is 4.74 Å². The topological polar surface area (TPSA) is 295 Å². The molecule has 20 rings (SSSR count). The monoisotopic (exact) mass is 1720 g/mol. The molecule has 3 N–H and O–H groups in total. The largest absolute Gasteiger partial charge is 0.444 e. The van der Waals surface area contributed by atoms with Crippen LogP contribution < -0.4 is 25.8 Å². The zero-order chi connectivity index (χ0) is 89.0. The van der Waals surface area contributed by atoms with E-state index >= 15 is 0 Å². The van der Waals surface area contributed by atoms with Crippen LogP contribution in [0.2, 0.25) is 0 Å². The number of aryl methyl sites for hydroxylation is 3. The number of carbonyl (C=O) groups excluding carboxylic acids is 10. The van der Waals surface area contributed by atoms with Gasteiger partial charge in [0.2, 0.25) is 23.6 Å². The van der Waals surface area contributed by atoms with Gasteiger partial charge in [-0.25, -0.2) is 4.79 Å². The summed E-state index contributed by atoms with van der Waals surface area (Å²) in [6.07, 6.45) is 18.7. The Bertz CT molecular complexity index is 6440. The Morgan fingerprint density at radius 1 is 0.422 bits per heavy atom. The summed E-state index contributed by atoms with van der Waals surface area (Å²) in [6, 6.07) is 34.1. The smallest absolute Gasteiger partial charge is 0.410 e. The fourth-order valence-electron chi connectivity index (χ4n) is 18.9. The highest BCUT2D eigenvalue weighted by Crippen LogP contribution is 2.37. The number of aldehydes is 1. The van der Waals surface area contributed by atoms with E-state index in [1.165, 1.54) is 65.4 Å². The van der Waals surface area contributed by atoms with Gasteiger partial charge in [-0.2, -0.15) is 0 Å². The van der Waals surface area contributed by atoms with Crippen LogP contribution in [0.4, 0.5) is 16.2 Å². The molecule has 28 heteroatoms. The molecule has 9 aliphatic heterocycles. The second-order valence-electron chi connectivity index (χ2n) is 35.4. The third-order valence-corrected chi connectivity index (χ3v) is 26.1. The normalized spacial score (nSPS) is 19.3. The number of imide groups is 4. The highest BCUT2D eigenvalue weighted by molar-refractivity contribution is 6.25. The highest BCUT2D eigenvalue weighted by atomic mass is 16.6. The minimum absolute atomic E-state index is 0.0973. The Morgan fingerprint density at radius 3 is 1.19 bits per heavy atom. The predicted molar refractivity (Wildman–Crippen MR) is 490 cm³/mol. The lowest BCUT2D eigenvalue weighted by Crippen LogP contribution is -2.54. The molecule has 2 unspecified atom stereocenters. The lowest BCUT2D eigenvalue weighted by atomic mass is 9.97. The van der Waals surface area contributed by atoms with Gasteiger partial charge in [-0.1, -0.05) is 53.7 Å². The van der Waals surface area contributed by atoms with Crippen molar-refractivity contribution in [1.82, 2.24) is 74.0 Å². The van der Waals surface area contributed by atoms with E-state index in [2.05, 4.69) is 192 Å². The van der Waals surface area contributed by atoms with Crippen molar-refractivity contribution in [2.24, 2.45) is 38.9 Å². The SMILES string of the molecule is Cn1c2ccncc2c2ccc(C#CC3CCN(C(=O)OC(C)(C)C)CC3)cc21.Cn1c2ccncc2c2ccc(C#CC3CCN(CCN4CCN(c5ccc6c(c5)C(=O)N(C5CCC(=O)NC5=O)C6=O)CC4)CC3)cc21.Cn1c2ccncc2c2ccc(C#CC3CCNCC3)cc21.O=CCN1CCN(c2ccc3c(c2)C(=O)N(C2CCC(=O)NC2=O)C3=O)CC1. The van der Waals surface area contributed by atoms with Crippen molar-refractivity contribution >= 4 is 136 Å². The zero-order valence-corrected chi connectivity index (χ0v) is 73.2. The number of aromatic nitrogens is 6. The summed E-state index contributed by atoms with van der Waals surface area (Å²) in [5, 5.41) is 15.0. The van der Waals surface area contributed by atoms with E-state index < -0.39 is 59.0 Å². The molecule has 0 aliphatic carbocycles. The van der Waals surface area contributed by atoms with Crippen molar-refractivity contribution in [2.75, 3.05) is 121 Å². The molecule has 28 nitrogen and oxygen atoms in total. The third kappa shape index (κ3) is 18.6. The number of nitrogens with zero attached hydrogens (tertiary/aromatic N) is 14. The van der Waals surface area contributed by atoms with Crippen LogP contribution >= 0.6 is 0 Å². The van der Waals surface area contributed by atoms with E-state index in [0.29, 0.717) is 61.6 Å². The molecule has 11 aromatic rings. The number of pyridine rings is 3. The van der Waals surface area contributed by atoms with Crippen LogP contribution in [0.3, 0.4) is 0 Å².